The van der Waals surface area contributed by atoms with E-state index in [0.29, 0.717) is 17.8 Å². The molecule has 0 fully saturated rings. The van der Waals surface area contributed by atoms with Gasteiger partial charge in [0.25, 0.3) is 5.91 Å². The van der Waals surface area contributed by atoms with E-state index in [0.717, 1.165) is 41.0 Å². The molecule has 2 aromatic heterocycles. The summed E-state index contributed by atoms with van der Waals surface area (Å²) >= 11 is 1.66. The number of hydrogen-bond acceptors (Lipinski definition) is 3. The number of hydrogen-bond donors (Lipinski definition) is 0. The van der Waals surface area contributed by atoms with E-state index in [-0.39, 0.29) is 11.9 Å². The lowest BCUT2D eigenvalue weighted by Gasteiger charge is -2.28. The summed E-state index contributed by atoms with van der Waals surface area (Å²) in [5.41, 5.74) is 6.98. The molecule has 0 spiro atoms. The number of aromatic nitrogens is 1. The quantitative estimate of drug-likeness (QED) is 0.600. The average molecular weight is 404 g/mol. The highest BCUT2D eigenvalue weighted by Crippen LogP contribution is 2.41. The molecule has 0 N–H and O–H groups in total. The van der Waals surface area contributed by atoms with Crippen molar-refractivity contribution >= 4 is 30.6 Å². The van der Waals surface area contributed by atoms with E-state index in [1.165, 1.54) is 5.56 Å². The van der Waals surface area contributed by atoms with Gasteiger partial charge in [-0.1, -0.05) is 11.5 Å². The minimum Gasteiger partial charge on any atom is -0.497 e. The van der Waals surface area contributed by atoms with Gasteiger partial charge in [0.2, 0.25) is 0 Å². The van der Waals surface area contributed by atoms with Crippen LogP contribution < -0.4 is 10.2 Å². The van der Waals surface area contributed by atoms with Gasteiger partial charge in [-0.2, -0.15) is 11.3 Å². The van der Waals surface area contributed by atoms with Crippen LogP contribution in [0.3, 0.4) is 0 Å². The summed E-state index contributed by atoms with van der Waals surface area (Å²) in [6.07, 6.45) is 0.836. The first-order chi connectivity index (χ1) is 14.0. The number of nitrogens with zero attached hydrogens (tertiary/aromatic N) is 2. The van der Waals surface area contributed by atoms with Crippen LogP contribution in [-0.2, 0) is 13.0 Å². The van der Waals surface area contributed by atoms with E-state index in [1.807, 2.05) is 24.0 Å². The van der Waals surface area contributed by atoms with E-state index in [4.69, 9.17) is 12.6 Å². The summed E-state index contributed by atoms with van der Waals surface area (Å²) in [6, 6.07) is 8.34. The predicted molar refractivity (Wildman–Crippen MR) is 121 cm³/mol. The number of benzene rings is 1. The molecular formula is C23H25BN2O2S. The molecule has 1 amide bonds. The van der Waals surface area contributed by atoms with Crippen molar-refractivity contribution in [1.82, 2.24) is 9.47 Å². The number of amides is 1. The third kappa shape index (κ3) is 3.29. The third-order valence-electron chi connectivity index (χ3n) is 5.69. The van der Waals surface area contributed by atoms with Crippen LogP contribution in [0.25, 0.3) is 22.4 Å². The minimum atomic E-state index is 0.0797. The number of carbonyl (C=O) groups is 1. The molecule has 1 aliphatic rings. The Labute approximate surface area is 177 Å². The van der Waals surface area contributed by atoms with Crippen molar-refractivity contribution in [3.63, 3.8) is 0 Å². The van der Waals surface area contributed by atoms with Gasteiger partial charge in [-0.3, -0.25) is 4.79 Å². The second kappa shape index (κ2) is 7.75. The van der Waals surface area contributed by atoms with Crippen molar-refractivity contribution in [3.05, 3.63) is 46.3 Å². The second-order valence-electron chi connectivity index (χ2n) is 7.64. The van der Waals surface area contributed by atoms with Gasteiger partial charge in [0.15, 0.2) is 0 Å². The van der Waals surface area contributed by atoms with E-state index in [9.17, 15) is 4.79 Å². The molecule has 3 heterocycles. The third-order valence-corrected chi connectivity index (χ3v) is 6.37. The topological polar surface area (TPSA) is 34.5 Å². The van der Waals surface area contributed by atoms with Crippen LogP contribution in [0, 0.1) is 0 Å². The molecule has 0 saturated carbocycles. The molecule has 0 saturated heterocycles. The number of aryl methyl sites for hydroxylation is 1. The first kappa shape index (κ1) is 19.8. The summed E-state index contributed by atoms with van der Waals surface area (Å²) in [5.74, 6) is 0.746. The zero-order valence-electron chi connectivity index (χ0n) is 17.4. The van der Waals surface area contributed by atoms with Gasteiger partial charge in [-0.15, -0.1) is 0 Å². The first-order valence-corrected chi connectivity index (χ1v) is 10.9. The first-order valence-electron chi connectivity index (χ1n) is 10.00. The maximum Gasteiger partial charge on any atom is 0.270 e. The molecule has 6 heteroatoms. The smallest absolute Gasteiger partial charge is 0.270 e. The molecule has 4 rings (SSSR count). The van der Waals surface area contributed by atoms with Crippen LogP contribution in [0.2, 0.25) is 0 Å². The van der Waals surface area contributed by atoms with E-state index < -0.39 is 0 Å². The lowest BCUT2D eigenvalue weighted by atomic mass is 9.86. The van der Waals surface area contributed by atoms with E-state index in [2.05, 4.69) is 41.3 Å². The molecule has 2 radical (unpaired) electrons. The largest absolute Gasteiger partial charge is 0.497 e. The number of rotatable bonds is 5. The van der Waals surface area contributed by atoms with Gasteiger partial charge in [0.05, 0.1) is 12.8 Å². The van der Waals surface area contributed by atoms with Crippen LogP contribution in [0.15, 0.2) is 35.0 Å². The number of thiophene rings is 1. The summed E-state index contributed by atoms with van der Waals surface area (Å²) in [7, 11) is 7.80. The van der Waals surface area contributed by atoms with E-state index in [1.54, 1.807) is 18.4 Å². The van der Waals surface area contributed by atoms with Crippen LogP contribution >= 0.6 is 11.3 Å². The summed E-state index contributed by atoms with van der Waals surface area (Å²) in [6.45, 7) is 7.59. The fourth-order valence-electron chi connectivity index (χ4n) is 4.26. The number of fused-ring (bicyclic) bond motifs is 3. The highest BCUT2D eigenvalue weighted by molar-refractivity contribution is 7.08. The SMILES string of the molecule is [B]c1cc2c(cc1OC)-c1c(-c3ccsc3)cc(C(=O)N(CC)C(C)C)n1CC2. The lowest BCUT2D eigenvalue weighted by molar-refractivity contribution is 0.0706. The molecule has 0 atom stereocenters. The van der Waals surface area contributed by atoms with Crippen LogP contribution in [-0.4, -0.2) is 42.9 Å². The Morgan fingerprint density at radius 2 is 2.10 bits per heavy atom. The standard InChI is InChI=1S/C23H25BN2O2S/c1-5-25(14(2)3)23(27)20-11-17(16-7-9-29-13-16)22-18-12-21(28-4)19(24)10-15(18)6-8-26(20)22/h7,9-14H,5-6,8H2,1-4H3. The van der Waals surface area contributed by atoms with Crippen molar-refractivity contribution in [2.45, 2.75) is 39.8 Å². The maximum absolute atomic E-state index is 13.4. The van der Waals surface area contributed by atoms with Gasteiger partial charge in [-0.25, -0.2) is 0 Å². The van der Waals surface area contributed by atoms with Crippen molar-refractivity contribution in [2.75, 3.05) is 13.7 Å². The molecule has 1 aliphatic heterocycles. The summed E-state index contributed by atoms with van der Waals surface area (Å²) in [4.78, 5) is 15.3. The molecule has 1 aromatic carbocycles. The molecule has 29 heavy (non-hydrogen) atoms. The van der Waals surface area contributed by atoms with Crippen LogP contribution in [0.1, 0.15) is 36.8 Å². The average Bonchev–Trinajstić information content (AvgIpc) is 3.35. The Morgan fingerprint density at radius 3 is 2.72 bits per heavy atom. The van der Waals surface area contributed by atoms with Gasteiger partial charge >= 0.3 is 0 Å². The van der Waals surface area contributed by atoms with Crippen LogP contribution in [0.4, 0.5) is 0 Å². The van der Waals surface area contributed by atoms with Crippen molar-refractivity contribution in [1.29, 1.82) is 0 Å². The molecule has 0 bridgehead atoms. The number of ether oxygens (including phenoxy) is 1. The molecular weight excluding hydrogens is 379 g/mol. The highest BCUT2D eigenvalue weighted by Gasteiger charge is 2.29. The number of methoxy groups -OCH3 is 1. The Hall–Kier alpha value is -2.47. The molecule has 148 valence electrons. The van der Waals surface area contributed by atoms with Gasteiger partial charge in [-0.05, 0) is 67.3 Å². The lowest BCUT2D eigenvalue weighted by Crippen LogP contribution is -2.38. The maximum atomic E-state index is 13.4. The second-order valence-corrected chi connectivity index (χ2v) is 8.42. The summed E-state index contributed by atoms with van der Waals surface area (Å²) in [5, 5.41) is 4.20. The Kier molecular flexibility index (Phi) is 5.30. The Morgan fingerprint density at radius 1 is 1.31 bits per heavy atom. The normalized spacial score (nSPS) is 12.6. The van der Waals surface area contributed by atoms with Gasteiger partial charge in [0, 0.05) is 30.3 Å². The molecule has 0 unspecified atom stereocenters. The van der Waals surface area contributed by atoms with Crippen molar-refractivity contribution in [2.24, 2.45) is 0 Å². The molecule has 0 aliphatic carbocycles. The van der Waals surface area contributed by atoms with Crippen molar-refractivity contribution in [3.8, 4) is 28.1 Å². The zero-order valence-corrected chi connectivity index (χ0v) is 18.2. The van der Waals surface area contributed by atoms with E-state index >= 15 is 0 Å². The molecule has 3 aromatic rings. The fraction of sp³-hybridized carbons (Fsp3) is 0.348. The zero-order chi connectivity index (χ0) is 20.7. The van der Waals surface area contributed by atoms with Gasteiger partial charge < -0.3 is 14.2 Å². The number of carbonyl (C=O) groups excluding carboxylic acids is 1. The minimum absolute atomic E-state index is 0.0797. The summed E-state index contributed by atoms with van der Waals surface area (Å²) < 4.78 is 7.67. The Balaban J connectivity index is 1.96. The van der Waals surface area contributed by atoms with Crippen molar-refractivity contribution < 1.29 is 9.53 Å². The monoisotopic (exact) mass is 404 g/mol. The fourth-order valence-corrected chi connectivity index (χ4v) is 4.91. The van der Waals surface area contributed by atoms with Gasteiger partial charge in [0.1, 0.15) is 19.3 Å². The predicted octanol–water partition coefficient (Wildman–Crippen LogP) is 4.11. The highest BCUT2D eigenvalue weighted by atomic mass is 32.1. The molecule has 4 nitrogen and oxygen atoms in total. The Bertz CT molecular complexity index is 1050. The van der Waals surface area contributed by atoms with Crippen LogP contribution in [0.5, 0.6) is 5.75 Å².